The molecule has 3 heterocycles. The van der Waals surface area contributed by atoms with Crippen molar-refractivity contribution in [2.24, 2.45) is 0 Å². The number of nitrogens with zero attached hydrogens (tertiary/aromatic N) is 3. The Kier molecular flexibility index (Phi) is 4.73. The van der Waals surface area contributed by atoms with E-state index < -0.39 is 50.1 Å². The maximum absolute atomic E-state index is 11.9. The molecule has 5 atom stereocenters. The summed E-state index contributed by atoms with van der Waals surface area (Å²) in [5, 5.41) is 20.1. The summed E-state index contributed by atoms with van der Waals surface area (Å²) < 4.78 is 23.7. The number of hydrogen-bond acceptors (Lipinski definition) is 9. The van der Waals surface area contributed by atoms with Crippen LogP contribution in [0.25, 0.3) is 0 Å². The first-order valence-electron chi connectivity index (χ1n) is 7.07. The second-order valence-corrected chi connectivity index (χ2v) is 6.93. The lowest BCUT2D eigenvalue weighted by atomic mass is 10.1. The molecule has 1 fully saturated rings. The van der Waals surface area contributed by atoms with Gasteiger partial charge in [0.1, 0.15) is 24.6 Å². The number of aromatic amines is 1. The third-order valence-electron chi connectivity index (χ3n) is 3.64. The zero-order valence-corrected chi connectivity index (χ0v) is 13.4. The van der Waals surface area contributed by atoms with Gasteiger partial charge in [-0.25, -0.2) is 9.78 Å². The van der Waals surface area contributed by atoms with Gasteiger partial charge < -0.3 is 24.4 Å². The van der Waals surface area contributed by atoms with E-state index in [4.69, 9.17) is 9.26 Å². The van der Waals surface area contributed by atoms with Crippen LogP contribution in [0.15, 0.2) is 40.6 Å². The highest BCUT2D eigenvalue weighted by molar-refractivity contribution is 7.49. The number of rotatable bonds is 5. The summed E-state index contributed by atoms with van der Waals surface area (Å²) >= 11 is 0. The number of H-pyrrole nitrogens is 1. The maximum Gasteiger partial charge on any atom is 0.330 e. The van der Waals surface area contributed by atoms with E-state index in [1.54, 1.807) is 0 Å². The number of hydrogen-bond donors (Lipinski definition) is 3. The Labute approximate surface area is 139 Å². The predicted molar refractivity (Wildman–Crippen MR) is 78.4 cm³/mol. The van der Waals surface area contributed by atoms with Gasteiger partial charge in [-0.1, -0.05) is 0 Å². The SMILES string of the molecule is O=c1ccn([C@@H]2O[C@H](COP(=O)([O-])n3ccnc3)[C@H](O)C2O)c(=O)[nH]1. The first-order chi connectivity index (χ1) is 11.8. The molecule has 2 unspecified atom stereocenters. The van der Waals surface area contributed by atoms with Crippen LogP contribution in [0.1, 0.15) is 6.23 Å². The summed E-state index contributed by atoms with van der Waals surface area (Å²) in [6.45, 7) is -0.591. The average molecular weight is 373 g/mol. The molecule has 0 radical (unpaired) electrons. The van der Waals surface area contributed by atoms with Gasteiger partial charge in [0, 0.05) is 24.7 Å². The molecule has 3 N–H and O–H groups in total. The van der Waals surface area contributed by atoms with E-state index in [1.807, 2.05) is 4.98 Å². The van der Waals surface area contributed by atoms with Crippen molar-refractivity contribution in [3.05, 3.63) is 51.8 Å². The number of imidazole rings is 1. The van der Waals surface area contributed by atoms with Crippen LogP contribution in [0.3, 0.4) is 0 Å². The fourth-order valence-electron chi connectivity index (χ4n) is 2.36. The second kappa shape index (κ2) is 6.67. The smallest absolute Gasteiger partial charge is 0.330 e. The molecule has 136 valence electrons. The Morgan fingerprint density at radius 2 is 2.12 bits per heavy atom. The van der Waals surface area contributed by atoms with Crippen LogP contribution in [0.5, 0.6) is 0 Å². The molecule has 13 heteroatoms. The Bertz CT molecular complexity index is 893. The molecule has 3 rings (SSSR count). The Morgan fingerprint density at radius 3 is 2.76 bits per heavy atom. The molecule has 0 bridgehead atoms. The molecule has 1 aliphatic rings. The van der Waals surface area contributed by atoms with Crippen molar-refractivity contribution in [1.82, 2.24) is 18.9 Å². The summed E-state index contributed by atoms with van der Waals surface area (Å²) in [7, 11) is -4.49. The summed E-state index contributed by atoms with van der Waals surface area (Å²) in [5.74, 6) is 0. The molecule has 25 heavy (non-hydrogen) atoms. The van der Waals surface area contributed by atoms with Gasteiger partial charge in [0.2, 0.25) is 7.75 Å². The van der Waals surface area contributed by atoms with Crippen LogP contribution >= 0.6 is 7.75 Å². The minimum absolute atomic E-state index is 0.591. The predicted octanol–water partition coefficient (Wildman–Crippen LogP) is -2.61. The fourth-order valence-corrected chi connectivity index (χ4v) is 3.23. The standard InChI is InChI=1S/C12H15N4O8P/c17-8-1-3-16(12(20)14-8)11-10(19)9(18)7(24-11)5-23-25(21,22)15-4-2-13-6-15/h1-4,6-7,9-11,18-19H,5H2,(H,21,22)(H,14,17,20)/p-1/t7-,9+,10?,11-/m1/s1. The van der Waals surface area contributed by atoms with E-state index in [9.17, 15) is 29.3 Å². The fraction of sp³-hybridized carbons (Fsp3) is 0.417. The van der Waals surface area contributed by atoms with Crippen molar-refractivity contribution in [3.63, 3.8) is 0 Å². The van der Waals surface area contributed by atoms with Crippen LogP contribution in [-0.2, 0) is 13.8 Å². The number of aliphatic hydroxyl groups excluding tert-OH is 2. The van der Waals surface area contributed by atoms with Gasteiger partial charge in [-0.15, -0.1) is 0 Å². The quantitative estimate of drug-likeness (QED) is 0.475. The average Bonchev–Trinajstić information content (AvgIpc) is 3.18. The number of aromatic nitrogens is 4. The van der Waals surface area contributed by atoms with Crippen LogP contribution in [0.4, 0.5) is 0 Å². The number of nitrogens with one attached hydrogen (secondary N) is 1. The van der Waals surface area contributed by atoms with Gasteiger partial charge in [-0.05, 0) is 0 Å². The van der Waals surface area contributed by atoms with Gasteiger partial charge >= 0.3 is 5.69 Å². The molecular formula is C12H14N4O8P-. The lowest BCUT2D eigenvalue weighted by Gasteiger charge is -2.25. The van der Waals surface area contributed by atoms with Gasteiger partial charge in [0.25, 0.3) is 5.56 Å². The third kappa shape index (κ3) is 3.49. The van der Waals surface area contributed by atoms with E-state index in [2.05, 4.69) is 4.98 Å². The van der Waals surface area contributed by atoms with E-state index in [-0.39, 0.29) is 0 Å². The molecule has 2 aromatic rings. The van der Waals surface area contributed by atoms with Crippen molar-refractivity contribution in [3.8, 4) is 0 Å². The van der Waals surface area contributed by atoms with Gasteiger partial charge in [-0.2, -0.15) is 0 Å². The number of aliphatic hydroxyl groups is 2. The topological polar surface area (TPSA) is 172 Å². The molecule has 0 amide bonds. The Balaban J connectivity index is 1.73. The highest BCUT2D eigenvalue weighted by atomic mass is 31.2. The van der Waals surface area contributed by atoms with Crippen LogP contribution in [0.2, 0.25) is 0 Å². The molecule has 12 nitrogen and oxygen atoms in total. The molecule has 0 aliphatic carbocycles. The van der Waals surface area contributed by atoms with Gasteiger partial charge in [0.05, 0.1) is 6.61 Å². The van der Waals surface area contributed by atoms with Crippen LogP contribution < -0.4 is 16.1 Å². The first-order valence-corrected chi connectivity index (χ1v) is 8.56. The lowest BCUT2D eigenvalue weighted by Crippen LogP contribution is -2.37. The van der Waals surface area contributed by atoms with Crippen molar-refractivity contribution in [2.75, 3.05) is 6.61 Å². The zero-order chi connectivity index (χ0) is 18.2. The Morgan fingerprint density at radius 1 is 1.36 bits per heavy atom. The normalized spacial score (nSPS) is 28.8. The van der Waals surface area contributed by atoms with Crippen LogP contribution in [0, 0.1) is 0 Å². The lowest BCUT2D eigenvalue weighted by molar-refractivity contribution is -0.205. The summed E-state index contributed by atoms with van der Waals surface area (Å²) in [6, 6.07) is 1.04. The summed E-state index contributed by atoms with van der Waals surface area (Å²) in [4.78, 5) is 40.3. The maximum atomic E-state index is 11.9. The molecule has 1 aliphatic heterocycles. The molecule has 0 aromatic carbocycles. The Hall–Kier alpha value is -2.08. The van der Waals surface area contributed by atoms with Crippen molar-refractivity contribution >= 4 is 7.75 Å². The molecule has 0 spiro atoms. The van der Waals surface area contributed by atoms with Crippen molar-refractivity contribution in [2.45, 2.75) is 24.5 Å². The monoisotopic (exact) mass is 373 g/mol. The highest BCUT2D eigenvalue weighted by Crippen LogP contribution is 2.40. The number of ether oxygens (including phenoxy) is 1. The van der Waals surface area contributed by atoms with E-state index in [1.165, 1.54) is 6.20 Å². The van der Waals surface area contributed by atoms with Crippen molar-refractivity contribution in [1.29, 1.82) is 0 Å². The molecular weight excluding hydrogens is 359 g/mol. The van der Waals surface area contributed by atoms with Crippen molar-refractivity contribution < 1.29 is 28.9 Å². The minimum Gasteiger partial charge on any atom is -0.761 e. The summed E-state index contributed by atoms with van der Waals surface area (Å²) in [5.41, 5.74) is -1.49. The van der Waals surface area contributed by atoms with Crippen LogP contribution in [-0.4, -0.2) is 54.0 Å². The molecule has 0 saturated carbocycles. The largest absolute Gasteiger partial charge is 0.761 e. The van der Waals surface area contributed by atoms with Gasteiger partial charge in [-0.3, -0.25) is 23.2 Å². The molecule has 1 saturated heterocycles. The van der Waals surface area contributed by atoms with E-state index in [0.29, 0.717) is 0 Å². The first kappa shape index (κ1) is 17.7. The molecule has 2 aromatic heterocycles. The third-order valence-corrected chi connectivity index (χ3v) is 4.92. The van der Waals surface area contributed by atoms with Gasteiger partial charge in [0.15, 0.2) is 6.23 Å². The van der Waals surface area contributed by atoms with E-state index in [0.717, 1.165) is 33.7 Å². The highest BCUT2D eigenvalue weighted by Gasteiger charge is 2.44. The summed E-state index contributed by atoms with van der Waals surface area (Å²) in [6.07, 6.45) is -1.04. The zero-order valence-electron chi connectivity index (χ0n) is 12.5. The minimum atomic E-state index is -4.49. The van der Waals surface area contributed by atoms with E-state index >= 15 is 0 Å². The second-order valence-electron chi connectivity index (χ2n) is 5.27.